The number of amides is 1. The van der Waals surface area contributed by atoms with Crippen molar-refractivity contribution in [2.75, 3.05) is 19.8 Å². The number of nitrogens with zero attached hydrogens (tertiary/aromatic N) is 3. The number of ether oxygens (including phenoxy) is 3. The number of esters is 1. The number of β-lactam (4-membered cyclic amide) rings is 1. The van der Waals surface area contributed by atoms with Gasteiger partial charge in [-0.2, -0.15) is 0 Å². The van der Waals surface area contributed by atoms with Crippen LogP contribution in [0.4, 0.5) is 10.5 Å². The van der Waals surface area contributed by atoms with Gasteiger partial charge in [0.05, 0.1) is 29.4 Å². The number of aliphatic hydroxyl groups excluding tert-OH is 1. The second-order valence-electron chi connectivity index (χ2n) is 8.78. The molecule has 0 aromatic heterocycles. The molecule has 1 fully saturated rings. The molecule has 15 heteroatoms. The quantitative estimate of drug-likeness (QED) is 0.180. The van der Waals surface area contributed by atoms with E-state index in [0.29, 0.717) is 5.56 Å². The van der Waals surface area contributed by atoms with Crippen LogP contribution in [0.5, 0.6) is 0 Å². The van der Waals surface area contributed by atoms with Crippen molar-refractivity contribution in [3.63, 3.8) is 0 Å². The molecule has 206 valence electrons. The Bertz CT molecular complexity index is 1280. The number of fused-ring (bicyclic) bond motifs is 1. The van der Waals surface area contributed by atoms with Crippen LogP contribution >= 0.6 is 11.8 Å². The number of benzene rings is 1. The summed E-state index contributed by atoms with van der Waals surface area (Å²) in [7, 11) is 0. The number of nitro groups is 2. The summed E-state index contributed by atoms with van der Waals surface area (Å²) in [6.07, 6.45) is 5.16. The van der Waals surface area contributed by atoms with Crippen LogP contribution in [0.15, 0.2) is 59.2 Å². The van der Waals surface area contributed by atoms with E-state index in [1.54, 1.807) is 12.2 Å². The first-order valence-corrected chi connectivity index (χ1v) is 12.6. The van der Waals surface area contributed by atoms with Gasteiger partial charge < -0.3 is 19.3 Å². The summed E-state index contributed by atoms with van der Waals surface area (Å²) in [5, 5.41) is 31.4. The van der Waals surface area contributed by atoms with Crippen LogP contribution in [-0.2, 0) is 30.4 Å². The van der Waals surface area contributed by atoms with Crippen LogP contribution in [-0.4, -0.2) is 68.6 Å². The Balaban J connectivity index is 1.25. The van der Waals surface area contributed by atoms with Crippen LogP contribution in [0.25, 0.3) is 0 Å². The first-order valence-electron chi connectivity index (χ1n) is 11.7. The first kappa shape index (κ1) is 27.8. The lowest BCUT2D eigenvalue weighted by atomic mass is 9.93. The topological polar surface area (TPSA) is 189 Å². The number of carbonyl (C=O) groups is 3. The van der Waals surface area contributed by atoms with Gasteiger partial charge >= 0.3 is 12.1 Å². The minimum absolute atomic E-state index is 0.0634. The summed E-state index contributed by atoms with van der Waals surface area (Å²) in [5.41, 5.74) is -1.25. The molecule has 1 saturated heterocycles. The van der Waals surface area contributed by atoms with Crippen LogP contribution in [0.2, 0.25) is 0 Å². The van der Waals surface area contributed by atoms with Gasteiger partial charge in [0, 0.05) is 28.4 Å². The van der Waals surface area contributed by atoms with E-state index in [4.69, 9.17) is 14.2 Å². The zero-order valence-corrected chi connectivity index (χ0v) is 21.1. The largest absolute Gasteiger partial charge is 0.508 e. The van der Waals surface area contributed by atoms with E-state index in [-0.39, 0.29) is 42.3 Å². The van der Waals surface area contributed by atoms with E-state index in [0.717, 1.165) is 11.8 Å². The van der Waals surface area contributed by atoms with Gasteiger partial charge in [0.1, 0.15) is 12.3 Å². The van der Waals surface area contributed by atoms with Gasteiger partial charge in [-0.1, -0.05) is 30.0 Å². The van der Waals surface area contributed by atoms with Gasteiger partial charge in [0.2, 0.25) is 5.91 Å². The molecule has 0 spiro atoms. The number of hydrogen-bond donors (Lipinski definition) is 1. The van der Waals surface area contributed by atoms with E-state index in [1.807, 2.05) is 0 Å². The molecule has 2 heterocycles. The average Bonchev–Trinajstić information content (AvgIpc) is 3.28. The Hall–Kier alpha value is -4.24. The second-order valence-corrected chi connectivity index (χ2v) is 9.99. The summed E-state index contributed by atoms with van der Waals surface area (Å²) in [4.78, 5) is 60.1. The molecule has 1 aliphatic carbocycles. The lowest BCUT2D eigenvalue weighted by molar-refractivity contribution is -0.557. The molecule has 3 atom stereocenters. The standard InChI is InChI=1S/C24H23N3O11S/c28-12-18-19(22(30)37-13-15-4-6-16(7-5-15)26(32)33)25-20(29)17(21(25)39-18)8-11-36-23(31)38-14-24(27(34)35)9-2-1-3-10-24/h1-7,9,17,21,28H,8,10-14H2/t17-,21+,24-/m0/s1. The SMILES string of the molecule is O=C(OCC[C@H]1C(=O)N2C(C(=O)OCc3ccc([N+](=O)[O-])cc3)=C(CO)S[C@H]12)OC[C@]1([N+](=O)[O-])C=CC=CC1. The van der Waals surface area contributed by atoms with Gasteiger partial charge in [-0.25, -0.2) is 9.59 Å². The molecule has 1 N–H and O–H groups in total. The van der Waals surface area contributed by atoms with Crippen LogP contribution in [0.3, 0.4) is 0 Å². The summed E-state index contributed by atoms with van der Waals surface area (Å²) >= 11 is 1.12. The summed E-state index contributed by atoms with van der Waals surface area (Å²) < 4.78 is 15.2. The van der Waals surface area contributed by atoms with Gasteiger partial charge in [-0.05, 0) is 30.2 Å². The molecule has 1 aromatic carbocycles. The maximum Gasteiger partial charge on any atom is 0.508 e. The number of thioether (sulfide) groups is 1. The molecule has 1 aromatic rings. The highest BCUT2D eigenvalue weighted by molar-refractivity contribution is 8.04. The zero-order valence-electron chi connectivity index (χ0n) is 20.3. The Labute approximate surface area is 225 Å². The third-order valence-corrected chi connectivity index (χ3v) is 7.74. The highest BCUT2D eigenvalue weighted by atomic mass is 32.2. The molecule has 39 heavy (non-hydrogen) atoms. The van der Waals surface area contributed by atoms with Crippen molar-refractivity contribution in [3.8, 4) is 0 Å². The second kappa shape index (κ2) is 11.7. The fraction of sp³-hybridized carbons (Fsp3) is 0.375. The van der Waals surface area contributed by atoms with Crippen molar-refractivity contribution in [1.29, 1.82) is 0 Å². The number of non-ortho nitro benzene ring substituents is 1. The number of carbonyl (C=O) groups excluding carboxylic acids is 3. The third kappa shape index (κ3) is 5.78. The molecule has 1 amide bonds. The van der Waals surface area contributed by atoms with Crippen LogP contribution in [0, 0.1) is 26.1 Å². The van der Waals surface area contributed by atoms with Crippen molar-refractivity contribution in [1.82, 2.24) is 4.90 Å². The zero-order chi connectivity index (χ0) is 28.2. The highest BCUT2D eigenvalue weighted by Gasteiger charge is 2.55. The smallest absolute Gasteiger partial charge is 0.456 e. The maximum absolute atomic E-state index is 12.8. The maximum atomic E-state index is 12.8. The molecular formula is C24H23N3O11S. The Morgan fingerprint density at radius 3 is 2.49 bits per heavy atom. The van der Waals surface area contributed by atoms with E-state index in [9.17, 15) is 39.7 Å². The number of aliphatic hydroxyl groups is 1. The lowest BCUT2D eigenvalue weighted by Crippen LogP contribution is -2.57. The number of allylic oxidation sites excluding steroid dienone is 2. The van der Waals surface area contributed by atoms with E-state index >= 15 is 0 Å². The molecule has 0 saturated carbocycles. The molecule has 14 nitrogen and oxygen atoms in total. The minimum atomic E-state index is -1.56. The minimum Gasteiger partial charge on any atom is -0.456 e. The van der Waals surface area contributed by atoms with Gasteiger partial charge in [-0.3, -0.25) is 29.9 Å². The molecule has 0 unspecified atom stereocenters. The third-order valence-electron chi connectivity index (χ3n) is 6.35. The van der Waals surface area contributed by atoms with Crippen molar-refractivity contribution < 1.29 is 43.5 Å². The fourth-order valence-electron chi connectivity index (χ4n) is 4.20. The number of nitro benzene ring substituents is 1. The van der Waals surface area contributed by atoms with Crippen molar-refractivity contribution in [3.05, 3.63) is 85.0 Å². The highest BCUT2D eigenvalue weighted by Crippen LogP contribution is 2.50. The Morgan fingerprint density at radius 1 is 1.13 bits per heavy atom. The molecule has 2 aliphatic heterocycles. The van der Waals surface area contributed by atoms with E-state index in [2.05, 4.69) is 0 Å². The Morgan fingerprint density at radius 2 is 1.87 bits per heavy atom. The van der Waals surface area contributed by atoms with Crippen molar-refractivity contribution >= 4 is 35.5 Å². The summed E-state index contributed by atoms with van der Waals surface area (Å²) in [6, 6.07) is 5.42. The predicted octanol–water partition coefficient (Wildman–Crippen LogP) is 2.45. The van der Waals surface area contributed by atoms with Crippen molar-refractivity contribution in [2.24, 2.45) is 5.92 Å². The predicted molar refractivity (Wildman–Crippen MR) is 133 cm³/mol. The van der Waals surface area contributed by atoms with Gasteiger partial charge in [0.15, 0.2) is 6.61 Å². The van der Waals surface area contributed by atoms with Crippen LogP contribution < -0.4 is 0 Å². The fourth-order valence-corrected chi connectivity index (χ4v) is 5.59. The number of hydrogen-bond acceptors (Lipinski definition) is 12. The van der Waals surface area contributed by atoms with Crippen molar-refractivity contribution in [2.45, 2.75) is 30.4 Å². The molecule has 0 radical (unpaired) electrons. The van der Waals surface area contributed by atoms with Gasteiger partial charge in [-0.15, -0.1) is 0 Å². The summed E-state index contributed by atoms with van der Waals surface area (Å²) in [6.45, 7) is -1.40. The molecule has 4 rings (SSSR count). The van der Waals surface area contributed by atoms with Crippen LogP contribution in [0.1, 0.15) is 18.4 Å². The van der Waals surface area contributed by atoms with Gasteiger partial charge in [0.25, 0.3) is 11.2 Å². The normalized spacial score (nSPS) is 23.2. The average molecular weight is 562 g/mol. The first-order chi connectivity index (χ1) is 18.7. The molecular weight excluding hydrogens is 538 g/mol. The summed E-state index contributed by atoms with van der Waals surface area (Å²) in [5.74, 6) is -1.85. The van der Waals surface area contributed by atoms with E-state index in [1.165, 1.54) is 41.3 Å². The monoisotopic (exact) mass is 561 g/mol. The van der Waals surface area contributed by atoms with E-state index < -0.39 is 57.9 Å². The lowest BCUT2D eigenvalue weighted by Gasteiger charge is -2.42. The molecule has 0 bridgehead atoms. The number of rotatable bonds is 11. The Kier molecular flexibility index (Phi) is 8.30. The molecule has 3 aliphatic rings.